The third kappa shape index (κ3) is 3.22. The highest BCUT2D eigenvalue weighted by atomic mass is 15.1. The molecule has 4 heteroatoms. The molecule has 0 radical (unpaired) electrons. The standard InChI is InChI=1S/C17H22N4/c1-3-14-10-17(21-12(2)20-14)19-11-16-15-7-5-4-6-13(15)8-9-18-16/h4-7,10,16,18H,3,8-9,11H2,1-2H3,(H,19,20,21). The summed E-state index contributed by atoms with van der Waals surface area (Å²) in [5.74, 6) is 1.75. The molecule has 3 rings (SSSR count). The van der Waals surface area contributed by atoms with Crippen LogP contribution < -0.4 is 10.6 Å². The second-order valence-corrected chi connectivity index (χ2v) is 5.48. The highest BCUT2D eigenvalue weighted by molar-refractivity contribution is 5.39. The molecule has 0 saturated heterocycles. The summed E-state index contributed by atoms with van der Waals surface area (Å²) in [7, 11) is 0. The van der Waals surface area contributed by atoms with E-state index in [1.54, 1.807) is 0 Å². The van der Waals surface area contributed by atoms with Crippen LogP contribution in [0.1, 0.15) is 35.6 Å². The molecular weight excluding hydrogens is 260 g/mol. The van der Waals surface area contributed by atoms with Gasteiger partial charge in [0, 0.05) is 24.3 Å². The monoisotopic (exact) mass is 282 g/mol. The van der Waals surface area contributed by atoms with Gasteiger partial charge >= 0.3 is 0 Å². The fourth-order valence-electron chi connectivity index (χ4n) is 2.88. The van der Waals surface area contributed by atoms with Crippen molar-refractivity contribution in [3.63, 3.8) is 0 Å². The quantitative estimate of drug-likeness (QED) is 0.905. The van der Waals surface area contributed by atoms with Gasteiger partial charge in [0.2, 0.25) is 0 Å². The Kier molecular flexibility index (Phi) is 4.15. The van der Waals surface area contributed by atoms with E-state index < -0.39 is 0 Å². The number of anilines is 1. The van der Waals surface area contributed by atoms with Crippen molar-refractivity contribution in [1.82, 2.24) is 15.3 Å². The Morgan fingerprint density at radius 2 is 2.14 bits per heavy atom. The molecule has 0 amide bonds. The van der Waals surface area contributed by atoms with Gasteiger partial charge in [0.15, 0.2) is 0 Å². The molecule has 2 N–H and O–H groups in total. The van der Waals surface area contributed by atoms with Gasteiger partial charge in [-0.05, 0) is 37.4 Å². The van der Waals surface area contributed by atoms with Crippen LogP contribution in [-0.4, -0.2) is 23.1 Å². The molecule has 0 spiro atoms. The van der Waals surface area contributed by atoms with Crippen LogP contribution in [0.3, 0.4) is 0 Å². The fraction of sp³-hybridized carbons (Fsp3) is 0.412. The minimum absolute atomic E-state index is 0.343. The topological polar surface area (TPSA) is 49.8 Å². The Balaban J connectivity index is 1.73. The van der Waals surface area contributed by atoms with E-state index in [1.165, 1.54) is 11.1 Å². The number of nitrogens with one attached hydrogen (secondary N) is 2. The lowest BCUT2D eigenvalue weighted by Gasteiger charge is -2.27. The van der Waals surface area contributed by atoms with E-state index in [4.69, 9.17) is 0 Å². The summed E-state index contributed by atoms with van der Waals surface area (Å²) in [6.07, 6.45) is 2.04. The first-order chi connectivity index (χ1) is 10.3. The summed E-state index contributed by atoms with van der Waals surface area (Å²) >= 11 is 0. The highest BCUT2D eigenvalue weighted by Crippen LogP contribution is 2.22. The van der Waals surface area contributed by atoms with Crippen molar-refractivity contribution in [2.75, 3.05) is 18.4 Å². The van der Waals surface area contributed by atoms with Crippen molar-refractivity contribution in [1.29, 1.82) is 0 Å². The molecule has 0 bridgehead atoms. The lowest BCUT2D eigenvalue weighted by atomic mass is 9.94. The first kappa shape index (κ1) is 14.0. The number of hydrogen-bond acceptors (Lipinski definition) is 4. The van der Waals surface area contributed by atoms with E-state index in [1.807, 2.05) is 13.0 Å². The van der Waals surface area contributed by atoms with Gasteiger partial charge in [0.05, 0.1) is 0 Å². The predicted octanol–water partition coefficient (Wildman–Crippen LogP) is 2.65. The molecule has 0 aliphatic carbocycles. The normalized spacial score (nSPS) is 17.3. The molecule has 1 aromatic carbocycles. The Morgan fingerprint density at radius 3 is 3.00 bits per heavy atom. The van der Waals surface area contributed by atoms with E-state index in [2.05, 4.69) is 51.8 Å². The summed E-state index contributed by atoms with van der Waals surface area (Å²) in [5.41, 5.74) is 3.94. The zero-order chi connectivity index (χ0) is 14.7. The van der Waals surface area contributed by atoms with E-state index in [-0.39, 0.29) is 0 Å². The lowest BCUT2D eigenvalue weighted by Crippen LogP contribution is -2.34. The maximum Gasteiger partial charge on any atom is 0.129 e. The molecule has 2 aromatic rings. The molecule has 1 atom stereocenters. The summed E-state index contributed by atoms with van der Waals surface area (Å²) in [6.45, 7) is 5.94. The molecule has 1 aromatic heterocycles. The van der Waals surface area contributed by atoms with Crippen molar-refractivity contribution in [2.45, 2.75) is 32.7 Å². The third-order valence-electron chi connectivity index (χ3n) is 3.96. The van der Waals surface area contributed by atoms with E-state index in [9.17, 15) is 0 Å². The number of benzene rings is 1. The van der Waals surface area contributed by atoms with Crippen molar-refractivity contribution in [3.8, 4) is 0 Å². The van der Waals surface area contributed by atoms with E-state index >= 15 is 0 Å². The van der Waals surface area contributed by atoms with Crippen LogP contribution >= 0.6 is 0 Å². The maximum atomic E-state index is 4.47. The van der Waals surface area contributed by atoms with Crippen molar-refractivity contribution in [2.24, 2.45) is 0 Å². The molecular formula is C17H22N4. The van der Waals surface area contributed by atoms with Gasteiger partial charge in [-0.15, -0.1) is 0 Å². The average Bonchev–Trinajstić information content (AvgIpc) is 2.52. The van der Waals surface area contributed by atoms with Crippen LogP contribution in [0, 0.1) is 6.92 Å². The average molecular weight is 282 g/mol. The van der Waals surface area contributed by atoms with Crippen molar-refractivity contribution in [3.05, 3.63) is 53.0 Å². The van der Waals surface area contributed by atoms with E-state index in [0.717, 1.165) is 43.3 Å². The minimum atomic E-state index is 0.343. The molecule has 2 heterocycles. The highest BCUT2D eigenvalue weighted by Gasteiger charge is 2.18. The summed E-state index contributed by atoms with van der Waals surface area (Å²) in [5, 5.41) is 7.04. The van der Waals surface area contributed by atoms with E-state index in [0.29, 0.717) is 6.04 Å². The number of nitrogens with zero attached hydrogens (tertiary/aromatic N) is 2. The van der Waals surface area contributed by atoms with Crippen molar-refractivity contribution >= 4 is 5.82 Å². The summed E-state index contributed by atoms with van der Waals surface area (Å²) in [6, 6.07) is 11.1. The van der Waals surface area contributed by atoms with Gasteiger partial charge in [-0.3, -0.25) is 0 Å². The number of rotatable bonds is 4. The first-order valence-electron chi connectivity index (χ1n) is 7.66. The third-order valence-corrected chi connectivity index (χ3v) is 3.96. The molecule has 1 aliphatic heterocycles. The van der Waals surface area contributed by atoms with Gasteiger partial charge in [0.25, 0.3) is 0 Å². The largest absolute Gasteiger partial charge is 0.368 e. The number of fused-ring (bicyclic) bond motifs is 1. The fourth-order valence-corrected chi connectivity index (χ4v) is 2.88. The van der Waals surface area contributed by atoms with Crippen LogP contribution in [0.15, 0.2) is 30.3 Å². The zero-order valence-electron chi connectivity index (χ0n) is 12.7. The smallest absolute Gasteiger partial charge is 0.129 e. The molecule has 0 fully saturated rings. The minimum Gasteiger partial charge on any atom is -0.368 e. The summed E-state index contributed by atoms with van der Waals surface area (Å²) < 4.78 is 0. The number of aryl methyl sites for hydroxylation is 2. The van der Waals surface area contributed by atoms with Gasteiger partial charge in [-0.1, -0.05) is 31.2 Å². The zero-order valence-corrected chi connectivity index (χ0v) is 12.7. The van der Waals surface area contributed by atoms with Gasteiger partial charge in [-0.25, -0.2) is 9.97 Å². The summed E-state index contributed by atoms with van der Waals surface area (Å²) in [4.78, 5) is 8.89. The van der Waals surface area contributed by atoms with Crippen LogP contribution in [-0.2, 0) is 12.8 Å². The second kappa shape index (κ2) is 6.22. The second-order valence-electron chi connectivity index (χ2n) is 5.48. The Morgan fingerprint density at radius 1 is 1.29 bits per heavy atom. The van der Waals surface area contributed by atoms with Crippen molar-refractivity contribution < 1.29 is 0 Å². The van der Waals surface area contributed by atoms with Crippen LogP contribution in [0.2, 0.25) is 0 Å². The van der Waals surface area contributed by atoms with Crippen LogP contribution in [0.5, 0.6) is 0 Å². The Bertz CT molecular complexity index is 624. The van der Waals surface area contributed by atoms with Crippen LogP contribution in [0.4, 0.5) is 5.82 Å². The number of hydrogen-bond donors (Lipinski definition) is 2. The molecule has 0 saturated carbocycles. The van der Waals surface area contributed by atoms with Gasteiger partial charge in [-0.2, -0.15) is 0 Å². The van der Waals surface area contributed by atoms with Crippen LogP contribution in [0.25, 0.3) is 0 Å². The molecule has 4 nitrogen and oxygen atoms in total. The maximum absolute atomic E-state index is 4.47. The Hall–Kier alpha value is -1.94. The van der Waals surface area contributed by atoms with Gasteiger partial charge in [0.1, 0.15) is 11.6 Å². The number of aromatic nitrogens is 2. The molecule has 21 heavy (non-hydrogen) atoms. The van der Waals surface area contributed by atoms with Gasteiger partial charge < -0.3 is 10.6 Å². The molecule has 1 aliphatic rings. The Labute approximate surface area is 126 Å². The lowest BCUT2D eigenvalue weighted by molar-refractivity contribution is 0.523. The molecule has 110 valence electrons. The molecule has 1 unspecified atom stereocenters. The predicted molar refractivity (Wildman–Crippen MR) is 85.5 cm³/mol. The SMILES string of the molecule is CCc1cc(NCC2NCCc3ccccc32)nc(C)n1. The first-order valence-corrected chi connectivity index (χ1v) is 7.66.